The number of rotatable bonds is 5. The maximum Gasteiger partial charge on any atom is 0.127 e. The molecule has 0 aromatic heterocycles. The van der Waals surface area contributed by atoms with Crippen LogP contribution in [0.25, 0.3) is 0 Å². The van der Waals surface area contributed by atoms with Gasteiger partial charge in [0.2, 0.25) is 0 Å². The summed E-state index contributed by atoms with van der Waals surface area (Å²) in [7, 11) is 0. The van der Waals surface area contributed by atoms with E-state index in [9.17, 15) is 14.6 Å². The van der Waals surface area contributed by atoms with E-state index in [0.29, 0.717) is 12.0 Å². The van der Waals surface area contributed by atoms with Crippen LogP contribution in [0.5, 0.6) is 0 Å². The maximum atomic E-state index is 13.6. The van der Waals surface area contributed by atoms with E-state index < -0.39 is 5.41 Å². The van der Waals surface area contributed by atoms with Gasteiger partial charge >= 0.3 is 0 Å². The highest BCUT2D eigenvalue weighted by atomic mass is 19.1. The third kappa shape index (κ3) is 2.36. The summed E-state index contributed by atoms with van der Waals surface area (Å²) in [6.07, 6.45) is 1.36. The van der Waals surface area contributed by atoms with Crippen molar-refractivity contribution in [2.45, 2.75) is 25.2 Å². The lowest BCUT2D eigenvalue weighted by Gasteiger charge is -2.30. The van der Waals surface area contributed by atoms with Gasteiger partial charge < -0.3 is 10.2 Å². The highest BCUT2D eigenvalue weighted by Crippen LogP contribution is 2.30. The molecular formula is C12H17FO2. The van der Waals surface area contributed by atoms with Gasteiger partial charge in [0.05, 0.1) is 13.2 Å². The Bertz CT molecular complexity index is 308. The summed E-state index contributed by atoms with van der Waals surface area (Å²) in [4.78, 5) is 0. The van der Waals surface area contributed by atoms with E-state index in [0.717, 1.165) is 6.42 Å². The first-order chi connectivity index (χ1) is 7.20. The zero-order valence-electron chi connectivity index (χ0n) is 8.91. The smallest absolute Gasteiger partial charge is 0.127 e. The van der Waals surface area contributed by atoms with Crippen molar-refractivity contribution in [3.8, 4) is 0 Å². The second kappa shape index (κ2) is 5.24. The minimum absolute atomic E-state index is 0.238. The Morgan fingerprint density at radius 3 is 2.27 bits per heavy atom. The maximum absolute atomic E-state index is 13.6. The Hall–Kier alpha value is -0.930. The lowest BCUT2D eigenvalue weighted by atomic mass is 9.78. The third-order valence-corrected chi connectivity index (χ3v) is 2.78. The van der Waals surface area contributed by atoms with Crippen LogP contribution in [0.2, 0.25) is 0 Å². The molecule has 0 unspecified atom stereocenters. The zero-order valence-corrected chi connectivity index (χ0v) is 8.91. The largest absolute Gasteiger partial charge is 0.395 e. The number of hydrogen-bond donors (Lipinski definition) is 2. The van der Waals surface area contributed by atoms with Crippen LogP contribution >= 0.6 is 0 Å². The molecule has 0 saturated heterocycles. The van der Waals surface area contributed by atoms with E-state index in [-0.39, 0.29) is 19.0 Å². The standard InChI is InChI=1S/C12H17FO2/c1-2-7-12(8-14,9-15)10-5-3-4-6-11(10)13/h3-6,14-15H,2,7-9H2,1H3. The Morgan fingerprint density at radius 1 is 1.20 bits per heavy atom. The Morgan fingerprint density at radius 2 is 1.80 bits per heavy atom. The molecule has 84 valence electrons. The highest BCUT2D eigenvalue weighted by Gasteiger charge is 2.32. The Kier molecular flexibility index (Phi) is 4.24. The quantitative estimate of drug-likeness (QED) is 0.782. The average molecular weight is 212 g/mol. The molecule has 0 fully saturated rings. The van der Waals surface area contributed by atoms with Crippen LogP contribution in [-0.2, 0) is 5.41 Å². The van der Waals surface area contributed by atoms with Crippen LogP contribution in [0.15, 0.2) is 24.3 Å². The van der Waals surface area contributed by atoms with Crippen LogP contribution in [-0.4, -0.2) is 23.4 Å². The molecule has 0 heterocycles. The van der Waals surface area contributed by atoms with Gasteiger partial charge in [0.15, 0.2) is 0 Å². The molecule has 0 saturated carbocycles. The molecule has 0 aliphatic heterocycles. The van der Waals surface area contributed by atoms with Crippen LogP contribution in [0, 0.1) is 5.82 Å². The van der Waals surface area contributed by atoms with Gasteiger partial charge in [0.1, 0.15) is 5.82 Å². The molecule has 0 amide bonds. The van der Waals surface area contributed by atoms with E-state index in [1.54, 1.807) is 18.2 Å². The molecule has 1 rings (SSSR count). The van der Waals surface area contributed by atoms with Crippen LogP contribution in [0.3, 0.4) is 0 Å². The van der Waals surface area contributed by atoms with Crippen LogP contribution < -0.4 is 0 Å². The number of aliphatic hydroxyl groups excluding tert-OH is 2. The molecule has 0 bridgehead atoms. The zero-order chi connectivity index (χ0) is 11.3. The number of hydrogen-bond acceptors (Lipinski definition) is 2. The predicted octanol–water partition coefficient (Wildman–Crippen LogP) is 1.85. The molecule has 0 radical (unpaired) electrons. The Labute approximate surface area is 89.4 Å². The van der Waals surface area contributed by atoms with E-state index >= 15 is 0 Å². The predicted molar refractivity (Wildman–Crippen MR) is 57.2 cm³/mol. The summed E-state index contributed by atoms with van der Waals surface area (Å²) < 4.78 is 13.6. The van der Waals surface area contributed by atoms with E-state index in [4.69, 9.17) is 0 Å². The fourth-order valence-corrected chi connectivity index (χ4v) is 1.88. The van der Waals surface area contributed by atoms with Gasteiger partial charge in [-0.3, -0.25) is 0 Å². The van der Waals surface area contributed by atoms with Gasteiger partial charge in [-0.05, 0) is 18.1 Å². The molecular weight excluding hydrogens is 195 g/mol. The third-order valence-electron chi connectivity index (χ3n) is 2.78. The van der Waals surface area contributed by atoms with Gasteiger partial charge in [-0.15, -0.1) is 0 Å². The van der Waals surface area contributed by atoms with Gasteiger partial charge in [-0.1, -0.05) is 31.5 Å². The molecule has 1 aromatic rings. The summed E-state index contributed by atoms with van der Waals surface area (Å²) >= 11 is 0. The molecule has 0 aliphatic carbocycles. The fourth-order valence-electron chi connectivity index (χ4n) is 1.88. The lowest BCUT2D eigenvalue weighted by Crippen LogP contribution is -2.35. The monoisotopic (exact) mass is 212 g/mol. The van der Waals surface area contributed by atoms with E-state index in [1.165, 1.54) is 6.07 Å². The number of halogens is 1. The first-order valence-corrected chi connectivity index (χ1v) is 5.17. The molecule has 1 aromatic carbocycles. The molecule has 0 spiro atoms. The fraction of sp³-hybridized carbons (Fsp3) is 0.500. The van der Waals surface area contributed by atoms with Crippen molar-refractivity contribution < 1.29 is 14.6 Å². The van der Waals surface area contributed by atoms with Crippen molar-refractivity contribution >= 4 is 0 Å². The summed E-state index contributed by atoms with van der Waals surface area (Å²) in [6.45, 7) is 1.47. The Balaban J connectivity index is 3.13. The minimum atomic E-state index is -0.847. The topological polar surface area (TPSA) is 40.5 Å². The number of aliphatic hydroxyl groups is 2. The first-order valence-electron chi connectivity index (χ1n) is 5.17. The van der Waals surface area contributed by atoms with Crippen molar-refractivity contribution in [1.82, 2.24) is 0 Å². The van der Waals surface area contributed by atoms with Gasteiger partial charge in [0.25, 0.3) is 0 Å². The summed E-state index contributed by atoms with van der Waals surface area (Å²) in [5, 5.41) is 18.7. The minimum Gasteiger partial charge on any atom is -0.395 e. The molecule has 0 aliphatic rings. The molecule has 2 N–H and O–H groups in total. The van der Waals surface area contributed by atoms with Gasteiger partial charge in [0, 0.05) is 5.41 Å². The van der Waals surface area contributed by atoms with Gasteiger partial charge in [-0.2, -0.15) is 0 Å². The lowest BCUT2D eigenvalue weighted by molar-refractivity contribution is 0.106. The van der Waals surface area contributed by atoms with E-state index in [1.807, 2.05) is 6.92 Å². The molecule has 15 heavy (non-hydrogen) atoms. The molecule has 3 heteroatoms. The molecule has 0 atom stereocenters. The summed E-state index contributed by atoms with van der Waals surface area (Å²) in [5.41, 5.74) is -0.447. The first kappa shape index (κ1) is 12.1. The van der Waals surface area contributed by atoms with Crippen molar-refractivity contribution in [1.29, 1.82) is 0 Å². The summed E-state index contributed by atoms with van der Waals surface area (Å²) in [5.74, 6) is -0.367. The van der Waals surface area contributed by atoms with Crippen molar-refractivity contribution in [2.24, 2.45) is 0 Å². The van der Waals surface area contributed by atoms with E-state index in [2.05, 4.69) is 0 Å². The number of benzene rings is 1. The second-order valence-corrected chi connectivity index (χ2v) is 3.83. The van der Waals surface area contributed by atoms with Crippen molar-refractivity contribution in [3.05, 3.63) is 35.6 Å². The molecule has 2 nitrogen and oxygen atoms in total. The average Bonchev–Trinajstić information content (AvgIpc) is 2.27. The van der Waals surface area contributed by atoms with Gasteiger partial charge in [-0.25, -0.2) is 4.39 Å². The van der Waals surface area contributed by atoms with Crippen LogP contribution in [0.4, 0.5) is 4.39 Å². The van der Waals surface area contributed by atoms with Crippen molar-refractivity contribution in [2.75, 3.05) is 13.2 Å². The van der Waals surface area contributed by atoms with Crippen molar-refractivity contribution in [3.63, 3.8) is 0 Å². The van der Waals surface area contributed by atoms with Crippen LogP contribution in [0.1, 0.15) is 25.3 Å². The SMILES string of the molecule is CCCC(CO)(CO)c1ccccc1F. The normalized spacial score (nSPS) is 11.7. The summed E-state index contributed by atoms with van der Waals surface area (Å²) in [6, 6.07) is 6.29. The second-order valence-electron chi connectivity index (χ2n) is 3.83. The highest BCUT2D eigenvalue weighted by molar-refractivity contribution is 5.27.